The minimum Gasteiger partial charge on any atom is -0.393 e. The highest BCUT2D eigenvalue weighted by Crippen LogP contribution is 2.40. The number of rotatable bonds is 2. The van der Waals surface area contributed by atoms with Gasteiger partial charge in [-0.25, -0.2) is 8.42 Å². The number of aryl methyl sites for hydroxylation is 2. The average molecular weight is 295 g/mol. The molecule has 3 atom stereocenters. The molecular weight excluding hydrogens is 274 g/mol. The van der Waals surface area contributed by atoms with Crippen molar-refractivity contribution in [2.24, 2.45) is 11.8 Å². The van der Waals surface area contributed by atoms with Crippen LogP contribution in [0, 0.1) is 25.7 Å². The van der Waals surface area contributed by atoms with E-state index in [2.05, 4.69) is 0 Å². The molecule has 1 heterocycles. The van der Waals surface area contributed by atoms with E-state index in [1.807, 2.05) is 19.9 Å². The maximum atomic E-state index is 12.7. The predicted molar refractivity (Wildman–Crippen MR) is 76.9 cm³/mol. The van der Waals surface area contributed by atoms with Crippen LogP contribution in [0.3, 0.4) is 0 Å². The molecule has 5 heteroatoms. The van der Waals surface area contributed by atoms with Gasteiger partial charge in [-0.15, -0.1) is 0 Å². The van der Waals surface area contributed by atoms with Gasteiger partial charge in [0, 0.05) is 19.0 Å². The second-order valence-electron chi connectivity index (χ2n) is 6.14. The fraction of sp³-hybridized carbons (Fsp3) is 0.600. The Balaban J connectivity index is 1.88. The molecular formula is C15H21NO3S. The second-order valence-corrected chi connectivity index (χ2v) is 8.07. The summed E-state index contributed by atoms with van der Waals surface area (Å²) < 4.78 is 26.9. The van der Waals surface area contributed by atoms with E-state index >= 15 is 0 Å². The Labute approximate surface area is 120 Å². The van der Waals surface area contributed by atoms with Crippen LogP contribution in [0.5, 0.6) is 0 Å². The largest absolute Gasteiger partial charge is 0.393 e. The number of aliphatic hydroxyl groups is 1. The highest BCUT2D eigenvalue weighted by atomic mass is 32.2. The van der Waals surface area contributed by atoms with E-state index in [-0.39, 0.29) is 12.0 Å². The van der Waals surface area contributed by atoms with Gasteiger partial charge in [-0.3, -0.25) is 0 Å². The Morgan fingerprint density at radius 3 is 2.55 bits per heavy atom. The molecule has 1 saturated carbocycles. The van der Waals surface area contributed by atoms with Crippen LogP contribution >= 0.6 is 0 Å². The monoisotopic (exact) mass is 295 g/mol. The standard InChI is InChI=1S/C15H21NO3S/c1-10-3-5-13(7-11(10)2)20(18,19)16-8-12-4-6-15(17)14(12)9-16/h3,5,7,12,14-15,17H,4,6,8-9H2,1-2H3. The topological polar surface area (TPSA) is 57.6 Å². The zero-order valence-corrected chi connectivity index (χ0v) is 12.7. The molecule has 0 radical (unpaired) electrons. The van der Waals surface area contributed by atoms with Gasteiger partial charge in [0.15, 0.2) is 0 Å². The molecule has 110 valence electrons. The SMILES string of the molecule is Cc1ccc(S(=O)(=O)N2CC3CCC(O)C3C2)cc1C. The zero-order chi connectivity index (χ0) is 14.5. The summed E-state index contributed by atoms with van der Waals surface area (Å²) in [5.41, 5.74) is 2.09. The van der Waals surface area contributed by atoms with Crippen LogP contribution in [0.25, 0.3) is 0 Å². The summed E-state index contributed by atoms with van der Waals surface area (Å²) in [6.45, 7) is 4.91. The number of nitrogens with zero attached hydrogens (tertiary/aromatic N) is 1. The van der Waals surface area contributed by atoms with Gasteiger partial charge < -0.3 is 5.11 Å². The molecule has 1 aromatic rings. The number of hydrogen-bond acceptors (Lipinski definition) is 3. The fourth-order valence-corrected chi connectivity index (χ4v) is 5.04. The molecule has 4 nitrogen and oxygen atoms in total. The van der Waals surface area contributed by atoms with Crippen LogP contribution < -0.4 is 0 Å². The van der Waals surface area contributed by atoms with E-state index in [0.717, 1.165) is 24.0 Å². The van der Waals surface area contributed by atoms with Crippen LogP contribution in [-0.2, 0) is 10.0 Å². The van der Waals surface area contributed by atoms with Crippen molar-refractivity contribution in [1.82, 2.24) is 4.31 Å². The highest BCUT2D eigenvalue weighted by Gasteiger charge is 2.45. The van der Waals surface area contributed by atoms with Crippen LogP contribution in [0.4, 0.5) is 0 Å². The van der Waals surface area contributed by atoms with Crippen LogP contribution in [0.15, 0.2) is 23.1 Å². The van der Waals surface area contributed by atoms with Gasteiger partial charge in [-0.1, -0.05) is 6.07 Å². The number of aliphatic hydroxyl groups excluding tert-OH is 1. The molecule has 0 aromatic heterocycles. The lowest BCUT2D eigenvalue weighted by Gasteiger charge is -2.19. The van der Waals surface area contributed by atoms with Crippen LogP contribution in [0.2, 0.25) is 0 Å². The summed E-state index contributed by atoms with van der Waals surface area (Å²) in [6, 6.07) is 5.28. The van der Waals surface area contributed by atoms with Gasteiger partial charge in [0.25, 0.3) is 0 Å². The van der Waals surface area contributed by atoms with Crippen molar-refractivity contribution < 1.29 is 13.5 Å². The maximum Gasteiger partial charge on any atom is 0.243 e. The van der Waals surface area contributed by atoms with Gasteiger partial charge >= 0.3 is 0 Å². The molecule has 0 amide bonds. The summed E-state index contributed by atoms with van der Waals surface area (Å²) in [4.78, 5) is 0.370. The number of benzene rings is 1. The van der Waals surface area contributed by atoms with E-state index in [1.54, 1.807) is 16.4 Å². The summed E-state index contributed by atoms with van der Waals surface area (Å²) in [5.74, 6) is 0.447. The quantitative estimate of drug-likeness (QED) is 0.903. The zero-order valence-electron chi connectivity index (χ0n) is 11.9. The van der Waals surface area contributed by atoms with Crippen molar-refractivity contribution in [3.05, 3.63) is 29.3 Å². The molecule has 1 aliphatic heterocycles. The minimum atomic E-state index is -3.42. The van der Waals surface area contributed by atoms with E-state index in [9.17, 15) is 13.5 Å². The average Bonchev–Trinajstić information content (AvgIpc) is 2.96. The molecule has 0 bridgehead atoms. The third-order valence-electron chi connectivity index (χ3n) is 4.90. The summed E-state index contributed by atoms with van der Waals surface area (Å²) in [6.07, 6.45) is 1.41. The minimum absolute atomic E-state index is 0.122. The lowest BCUT2D eigenvalue weighted by atomic mass is 10.00. The molecule has 0 spiro atoms. The Morgan fingerprint density at radius 2 is 1.90 bits per heavy atom. The van der Waals surface area contributed by atoms with Crippen molar-refractivity contribution in [3.8, 4) is 0 Å². The summed E-state index contributed by atoms with van der Waals surface area (Å²) in [5, 5.41) is 9.91. The normalized spacial score (nSPS) is 30.6. The molecule has 1 saturated heterocycles. The number of hydrogen-bond donors (Lipinski definition) is 1. The van der Waals surface area contributed by atoms with E-state index < -0.39 is 10.0 Å². The lowest BCUT2D eigenvalue weighted by Crippen LogP contribution is -2.31. The third-order valence-corrected chi connectivity index (χ3v) is 6.73. The van der Waals surface area contributed by atoms with Crippen molar-refractivity contribution in [2.75, 3.05) is 13.1 Å². The molecule has 1 aromatic carbocycles. The third kappa shape index (κ3) is 2.18. The molecule has 2 aliphatic rings. The second kappa shape index (κ2) is 4.83. The Bertz CT molecular complexity index is 626. The predicted octanol–water partition coefficient (Wildman–Crippen LogP) is 1.69. The Morgan fingerprint density at radius 1 is 1.15 bits per heavy atom. The van der Waals surface area contributed by atoms with Gasteiger partial charge in [-0.2, -0.15) is 4.31 Å². The number of sulfonamides is 1. The van der Waals surface area contributed by atoms with Gasteiger partial charge in [0.2, 0.25) is 10.0 Å². The van der Waals surface area contributed by atoms with Crippen LogP contribution in [0.1, 0.15) is 24.0 Å². The first kappa shape index (κ1) is 14.0. The van der Waals surface area contributed by atoms with Gasteiger partial charge in [-0.05, 0) is 55.9 Å². The number of fused-ring (bicyclic) bond motifs is 1. The highest BCUT2D eigenvalue weighted by molar-refractivity contribution is 7.89. The van der Waals surface area contributed by atoms with Crippen molar-refractivity contribution in [1.29, 1.82) is 0 Å². The molecule has 3 unspecified atom stereocenters. The van der Waals surface area contributed by atoms with Crippen LogP contribution in [-0.4, -0.2) is 37.0 Å². The van der Waals surface area contributed by atoms with Crippen molar-refractivity contribution in [2.45, 2.75) is 37.7 Å². The smallest absolute Gasteiger partial charge is 0.243 e. The first-order chi connectivity index (χ1) is 9.39. The van der Waals surface area contributed by atoms with E-state index in [0.29, 0.717) is 23.9 Å². The van der Waals surface area contributed by atoms with Crippen molar-refractivity contribution >= 4 is 10.0 Å². The molecule has 20 heavy (non-hydrogen) atoms. The van der Waals surface area contributed by atoms with Gasteiger partial charge in [0.1, 0.15) is 0 Å². The molecule has 3 rings (SSSR count). The molecule has 1 aliphatic carbocycles. The van der Waals surface area contributed by atoms with E-state index in [1.165, 1.54) is 0 Å². The molecule has 2 fully saturated rings. The lowest BCUT2D eigenvalue weighted by molar-refractivity contribution is 0.129. The summed E-state index contributed by atoms with van der Waals surface area (Å²) >= 11 is 0. The Hall–Kier alpha value is -0.910. The fourth-order valence-electron chi connectivity index (χ4n) is 3.42. The first-order valence-corrected chi connectivity index (χ1v) is 8.59. The maximum absolute atomic E-state index is 12.7. The first-order valence-electron chi connectivity index (χ1n) is 7.15. The van der Waals surface area contributed by atoms with Gasteiger partial charge in [0.05, 0.1) is 11.0 Å². The van der Waals surface area contributed by atoms with E-state index in [4.69, 9.17) is 0 Å². The van der Waals surface area contributed by atoms with Crippen molar-refractivity contribution in [3.63, 3.8) is 0 Å². The summed E-state index contributed by atoms with van der Waals surface area (Å²) in [7, 11) is -3.42. The Kier molecular flexibility index (Phi) is 3.39. The molecule has 1 N–H and O–H groups in total.